The van der Waals surface area contributed by atoms with Crippen molar-refractivity contribution in [1.29, 1.82) is 0 Å². The van der Waals surface area contributed by atoms with Crippen LogP contribution in [0.1, 0.15) is 15.4 Å². The number of rotatable bonds is 3. The van der Waals surface area contributed by atoms with Crippen molar-refractivity contribution < 1.29 is 4.79 Å². The van der Waals surface area contributed by atoms with Crippen molar-refractivity contribution in [2.45, 2.75) is 6.54 Å². The smallest absolute Gasteiger partial charge is 0.271 e. The molecule has 0 atom stereocenters. The van der Waals surface area contributed by atoms with Gasteiger partial charge in [0.1, 0.15) is 10.8 Å². The Labute approximate surface area is 115 Å². The van der Waals surface area contributed by atoms with Crippen molar-refractivity contribution >= 4 is 44.8 Å². The summed E-state index contributed by atoms with van der Waals surface area (Å²) in [5.74, 6) is -0.291. The topological polar surface area (TPSA) is 54.9 Å². The quantitative estimate of drug-likeness (QED) is 0.940. The summed E-state index contributed by atoms with van der Waals surface area (Å²) < 4.78 is 0.986. The minimum absolute atomic E-state index is 0.204. The molecule has 7 heteroatoms. The molecular weight excluding hydrogens is 326 g/mol. The summed E-state index contributed by atoms with van der Waals surface area (Å²) in [6.45, 7) is 0.450. The summed E-state index contributed by atoms with van der Waals surface area (Å²) in [6, 6.07) is 1.94. The standard InChI is InChI=1S/C10H7BrClN3OS/c11-6-1-2-17-8(6)4-14-10(16)7-3-13-5-9(12)15-7/h1-3,5H,4H2,(H,14,16). The number of amides is 1. The van der Waals surface area contributed by atoms with Crippen LogP contribution in [-0.2, 0) is 6.54 Å². The second kappa shape index (κ2) is 5.57. The molecule has 0 bridgehead atoms. The van der Waals surface area contributed by atoms with Gasteiger partial charge in [-0.15, -0.1) is 11.3 Å². The number of carbonyl (C=O) groups excluding carboxylic acids is 1. The SMILES string of the molecule is O=C(NCc1sccc1Br)c1cncc(Cl)n1. The fraction of sp³-hybridized carbons (Fsp3) is 0.100. The molecule has 2 heterocycles. The Balaban J connectivity index is 2.01. The molecule has 0 unspecified atom stereocenters. The van der Waals surface area contributed by atoms with E-state index in [2.05, 4.69) is 31.2 Å². The second-order valence-corrected chi connectivity index (χ2v) is 5.34. The lowest BCUT2D eigenvalue weighted by atomic mass is 10.4. The molecule has 0 aliphatic rings. The lowest BCUT2D eigenvalue weighted by molar-refractivity contribution is 0.0946. The molecule has 0 saturated carbocycles. The molecule has 0 aliphatic heterocycles. The van der Waals surface area contributed by atoms with Crippen molar-refractivity contribution in [2.24, 2.45) is 0 Å². The third-order valence-electron chi connectivity index (χ3n) is 1.94. The third-order valence-corrected chi connectivity index (χ3v) is 4.05. The average molecular weight is 333 g/mol. The minimum atomic E-state index is -0.291. The number of halogens is 2. The van der Waals surface area contributed by atoms with Gasteiger partial charge >= 0.3 is 0 Å². The fourth-order valence-corrected chi connectivity index (χ4v) is 2.73. The minimum Gasteiger partial charge on any atom is -0.346 e. The van der Waals surface area contributed by atoms with Crippen LogP contribution in [0.4, 0.5) is 0 Å². The fourth-order valence-electron chi connectivity index (χ4n) is 1.15. The van der Waals surface area contributed by atoms with E-state index in [1.807, 2.05) is 11.4 Å². The monoisotopic (exact) mass is 331 g/mol. The van der Waals surface area contributed by atoms with E-state index >= 15 is 0 Å². The number of hydrogen-bond acceptors (Lipinski definition) is 4. The molecule has 0 radical (unpaired) electrons. The van der Waals surface area contributed by atoms with Crippen molar-refractivity contribution in [3.05, 3.63) is 44.0 Å². The molecule has 4 nitrogen and oxygen atoms in total. The first-order valence-corrected chi connectivity index (χ1v) is 6.69. The Hall–Kier alpha value is -0.980. The van der Waals surface area contributed by atoms with E-state index in [1.165, 1.54) is 12.4 Å². The van der Waals surface area contributed by atoms with Crippen molar-refractivity contribution in [3.8, 4) is 0 Å². The number of thiophene rings is 1. The van der Waals surface area contributed by atoms with Crippen molar-refractivity contribution in [3.63, 3.8) is 0 Å². The number of carbonyl (C=O) groups is 1. The van der Waals surface area contributed by atoms with Crippen LogP contribution in [0.25, 0.3) is 0 Å². The molecule has 2 aromatic heterocycles. The molecule has 0 fully saturated rings. The van der Waals surface area contributed by atoms with E-state index in [0.717, 1.165) is 9.35 Å². The van der Waals surface area contributed by atoms with E-state index in [0.29, 0.717) is 6.54 Å². The zero-order chi connectivity index (χ0) is 12.3. The van der Waals surface area contributed by atoms with Gasteiger partial charge < -0.3 is 5.32 Å². The molecule has 0 aliphatic carbocycles. The number of nitrogens with zero attached hydrogens (tertiary/aromatic N) is 2. The van der Waals surface area contributed by atoms with Gasteiger partial charge in [-0.2, -0.15) is 0 Å². The third kappa shape index (κ3) is 3.24. The first-order valence-electron chi connectivity index (χ1n) is 4.64. The zero-order valence-electron chi connectivity index (χ0n) is 8.48. The molecule has 0 spiro atoms. The number of hydrogen-bond donors (Lipinski definition) is 1. The summed E-state index contributed by atoms with van der Waals surface area (Å²) >= 11 is 10.6. The summed E-state index contributed by atoms with van der Waals surface area (Å²) in [4.78, 5) is 20.5. The largest absolute Gasteiger partial charge is 0.346 e. The summed E-state index contributed by atoms with van der Waals surface area (Å²) in [7, 11) is 0. The highest BCUT2D eigenvalue weighted by molar-refractivity contribution is 9.10. The molecule has 0 saturated heterocycles. The predicted molar refractivity (Wildman–Crippen MR) is 70.2 cm³/mol. The number of nitrogens with one attached hydrogen (secondary N) is 1. The molecule has 2 rings (SSSR count). The first-order chi connectivity index (χ1) is 8.16. The van der Waals surface area contributed by atoms with Gasteiger partial charge in [0, 0.05) is 9.35 Å². The summed E-state index contributed by atoms with van der Waals surface area (Å²) in [5.41, 5.74) is 0.213. The lowest BCUT2D eigenvalue weighted by Gasteiger charge is -2.03. The van der Waals surface area contributed by atoms with Crippen LogP contribution < -0.4 is 5.32 Å². The van der Waals surface area contributed by atoms with Gasteiger partial charge in [-0.05, 0) is 27.4 Å². The van der Waals surface area contributed by atoms with E-state index in [9.17, 15) is 4.79 Å². The van der Waals surface area contributed by atoms with E-state index in [4.69, 9.17) is 11.6 Å². The van der Waals surface area contributed by atoms with Gasteiger partial charge in [-0.1, -0.05) is 11.6 Å². The zero-order valence-corrected chi connectivity index (χ0v) is 11.6. The van der Waals surface area contributed by atoms with Gasteiger partial charge in [-0.3, -0.25) is 9.78 Å². The van der Waals surface area contributed by atoms with Crippen molar-refractivity contribution in [1.82, 2.24) is 15.3 Å². The van der Waals surface area contributed by atoms with Crippen LogP contribution in [0.2, 0.25) is 5.15 Å². The average Bonchev–Trinajstić information content (AvgIpc) is 2.72. The van der Waals surface area contributed by atoms with E-state index < -0.39 is 0 Å². The normalized spacial score (nSPS) is 10.2. The van der Waals surface area contributed by atoms with Crippen molar-refractivity contribution in [2.75, 3.05) is 0 Å². The van der Waals surface area contributed by atoms with E-state index in [-0.39, 0.29) is 16.8 Å². The maximum Gasteiger partial charge on any atom is 0.271 e. The van der Waals surface area contributed by atoms with Crippen LogP contribution in [0.5, 0.6) is 0 Å². The highest BCUT2D eigenvalue weighted by Crippen LogP contribution is 2.22. The molecule has 2 aromatic rings. The van der Waals surface area contributed by atoms with Crippen LogP contribution >= 0.6 is 38.9 Å². The van der Waals surface area contributed by atoms with Gasteiger partial charge in [0.2, 0.25) is 0 Å². The highest BCUT2D eigenvalue weighted by atomic mass is 79.9. The van der Waals surface area contributed by atoms with Crippen LogP contribution in [0, 0.1) is 0 Å². The Morgan fingerprint density at radius 1 is 1.53 bits per heavy atom. The predicted octanol–water partition coefficient (Wildman–Crippen LogP) is 2.88. The molecule has 0 aromatic carbocycles. The second-order valence-electron chi connectivity index (χ2n) is 3.10. The maximum absolute atomic E-state index is 11.7. The Kier molecular flexibility index (Phi) is 4.09. The van der Waals surface area contributed by atoms with Gasteiger partial charge in [0.05, 0.1) is 18.9 Å². The van der Waals surface area contributed by atoms with Gasteiger partial charge in [0.15, 0.2) is 0 Å². The van der Waals surface area contributed by atoms with Gasteiger partial charge in [-0.25, -0.2) is 4.98 Å². The molecule has 17 heavy (non-hydrogen) atoms. The molecule has 1 N–H and O–H groups in total. The van der Waals surface area contributed by atoms with Crippen LogP contribution in [-0.4, -0.2) is 15.9 Å². The molecule has 1 amide bonds. The first kappa shape index (κ1) is 12.5. The molecule has 88 valence electrons. The maximum atomic E-state index is 11.7. The Bertz CT molecular complexity index is 546. The summed E-state index contributed by atoms with van der Waals surface area (Å²) in [5, 5.41) is 4.90. The highest BCUT2D eigenvalue weighted by Gasteiger charge is 2.09. The lowest BCUT2D eigenvalue weighted by Crippen LogP contribution is -2.23. The Morgan fingerprint density at radius 2 is 2.35 bits per heavy atom. The number of aromatic nitrogens is 2. The van der Waals surface area contributed by atoms with Crippen LogP contribution in [0.3, 0.4) is 0 Å². The van der Waals surface area contributed by atoms with Crippen LogP contribution in [0.15, 0.2) is 28.3 Å². The Morgan fingerprint density at radius 3 is 3.00 bits per heavy atom. The van der Waals surface area contributed by atoms with Gasteiger partial charge in [0.25, 0.3) is 5.91 Å². The molecular formula is C10H7BrClN3OS. The summed E-state index contributed by atoms with van der Waals surface area (Å²) in [6.07, 6.45) is 2.76. The van der Waals surface area contributed by atoms with E-state index in [1.54, 1.807) is 11.3 Å².